The number of imide groups is 1. The highest BCUT2D eigenvalue weighted by Gasteiger charge is 2.17. The Morgan fingerprint density at radius 2 is 1.86 bits per heavy atom. The van der Waals surface area contributed by atoms with Crippen LogP contribution in [0.25, 0.3) is 20.7 Å². The average Bonchev–Trinajstić information content (AvgIpc) is 3.02. The molecule has 0 atom stereocenters. The van der Waals surface area contributed by atoms with E-state index >= 15 is 0 Å². The Labute approximate surface area is 172 Å². The van der Waals surface area contributed by atoms with Crippen LogP contribution in [0, 0.1) is 6.92 Å². The number of benzene rings is 1. The summed E-state index contributed by atoms with van der Waals surface area (Å²) in [6.45, 7) is 7.40. The first kappa shape index (κ1) is 20.3. The number of aryl methyl sites for hydroxylation is 1. The minimum Gasteiger partial charge on any atom is -0.333 e. The van der Waals surface area contributed by atoms with Crippen molar-refractivity contribution in [2.45, 2.75) is 38.3 Å². The molecule has 2 N–H and O–H groups in total. The summed E-state index contributed by atoms with van der Waals surface area (Å²) in [7, 11) is 0. The lowest BCUT2D eigenvalue weighted by molar-refractivity contribution is -0.117. The van der Waals surface area contributed by atoms with Crippen LogP contribution in [-0.2, 0) is 4.79 Å². The Morgan fingerprint density at radius 1 is 1.14 bits per heavy atom. The third kappa shape index (κ3) is 5.30. The fourth-order valence-corrected chi connectivity index (χ4v) is 4.51. The number of urea groups is 1. The normalized spacial score (nSPS) is 11.4. The maximum atomic E-state index is 12.1. The summed E-state index contributed by atoms with van der Waals surface area (Å²) in [6, 6.07) is 11.7. The van der Waals surface area contributed by atoms with Crippen LogP contribution < -0.4 is 10.6 Å². The van der Waals surface area contributed by atoms with Gasteiger partial charge >= 0.3 is 6.03 Å². The molecule has 3 aromatic rings. The van der Waals surface area contributed by atoms with E-state index in [1.807, 2.05) is 45.9 Å². The molecular formula is C20H22N4O2S2. The lowest BCUT2D eigenvalue weighted by Gasteiger charge is -2.20. The van der Waals surface area contributed by atoms with Crippen molar-refractivity contribution in [3.8, 4) is 10.4 Å². The Bertz CT molecular complexity index is 1010. The molecule has 0 aliphatic heterocycles. The van der Waals surface area contributed by atoms with E-state index in [1.165, 1.54) is 11.8 Å². The number of amides is 3. The van der Waals surface area contributed by atoms with E-state index in [2.05, 4.69) is 38.8 Å². The smallest absolute Gasteiger partial charge is 0.321 e. The SMILES string of the molecule is Cc1nc(SCC(=O)NC(=O)NC(C)(C)C)c2cc(-c3ccccc3)sc2n1. The minimum atomic E-state index is -0.496. The minimum absolute atomic E-state index is 0.0969. The zero-order valence-corrected chi connectivity index (χ0v) is 17.8. The molecule has 0 saturated heterocycles. The van der Waals surface area contributed by atoms with Crippen LogP contribution >= 0.6 is 23.1 Å². The van der Waals surface area contributed by atoms with Crippen LogP contribution in [0.4, 0.5) is 4.79 Å². The highest BCUT2D eigenvalue weighted by molar-refractivity contribution is 8.00. The number of nitrogens with zero attached hydrogens (tertiary/aromatic N) is 2. The molecule has 146 valence electrons. The summed E-state index contributed by atoms with van der Waals surface area (Å²) in [5.74, 6) is 0.386. The third-order valence-corrected chi connectivity index (χ3v) is 5.68. The number of hydrogen-bond donors (Lipinski definition) is 2. The molecule has 0 fully saturated rings. The van der Waals surface area contributed by atoms with Gasteiger partial charge in [-0.05, 0) is 39.3 Å². The zero-order valence-electron chi connectivity index (χ0n) is 16.2. The van der Waals surface area contributed by atoms with Crippen molar-refractivity contribution >= 4 is 45.3 Å². The number of fused-ring (bicyclic) bond motifs is 1. The first-order valence-electron chi connectivity index (χ1n) is 8.80. The predicted octanol–water partition coefficient (Wildman–Crippen LogP) is 4.38. The number of aromatic nitrogens is 2. The van der Waals surface area contributed by atoms with E-state index in [-0.39, 0.29) is 11.7 Å². The van der Waals surface area contributed by atoms with Crippen molar-refractivity contribution in [1.82, 2.24) is 20.6 Å². The second-order valence-corrected chi connectivity index (χ2v) is 9.31. The standard InChI is InChI=1S/C20H22N4O2S2/c1-12-21-17(27-11-16(25)23-19(26)24-20(2,3)4)14-10-15(28-18(14)22-12)13-8-6-5-7-9-13/h5-10H,11H2,1-4H3,(H2,23,24,25,26). The maximum Gasteiger partial charge on any atom is 0.321 e. The van der Waals surface area contributed by atoms with Gasteiger partial charge in [0.05, 0.1) is 5.75 Å². The molecule has 2 heterocycles. The molecule has 28 heavy (non-hydrogen) atoms. The lowest BCUT2D eigenvalue weighted by Crippen LogP contribution is -2.48. The molecule has 0 radical (unpaired) electrons. The summed E-state index contributed by atoms with van der Waals surface area (Å²) in [5, 5.41) is 6.72. The van der Waals surface area contributed by atoms with Gasteiger partial charge in [0.1, 0.15) is 15.7 Å². The van der Waals surface area contributed by atoms with Crippen LogP contribution in [0.5, 0.6) is 0 Å². The van der Waals surface area contributed by atoms with Crippen LogP contribution in [0.1, 0.15) is 26.6 Å². The Hall–Kier alpha value is -2.45. The molecule has 1 aromatic carbocycles. The number of carbonyl (C=O) groups excluding carboxylic acids is 2. The Kier molecular flexibility index (Phi) is 6.00. The lowest BCUT2D eigenvalue weighted by atomic mass is 10.1. The monoisotopic (exact) mass is 414 g/mol. The number of hydrogen-bond acceptors (Lipinski definition) is 6. The van der Waals surface area contributed by atoms with Crippen LogP contribution in [0.15, 0.2) is 41.4 Å². The molecule has 0 saturated carbocycles. The second-order valence-electron chi connectivity index (χ2n) is 7.31. The topological polar surface area (TPSA) is 84.0 Å². The van der Waals surface area contributed by atoms with Gasteiger partial charge in [-0.15, -0.1) is 11.3 Å². The number of rotatable bonds is 4. The molecule has 0 unspecified atom stereocenters. The largest absolute Gasteiger partial charge is 0.333 e. The van der Waals surface area contributed by atoms with E-state index in [9.17, 15) is 9.59 Å². The first-order valence-corrected chi connectivity index (χ1v) is 10.6. The van der Waals surface area contributed by atoms with E-state index in [0.717, 1.165) is 25.7 Å². The van der Waals surface area contributed by atoms with Crippen molar-refractivity contribution in [1.29, 1.82) is 0 Å². The van der Waals surface area contributed by atoms with Gasteiger partial charge in [0.25, 0.3) is 0 Å². The molecule has 6 nitrogen and oxygen atoms in total. The van der Waals surface area contributed by atoms with Crippen molar-refractivity contribution in [3.05, 3.63) is 42.2 Å². The van der Waals surface area contributed by atoms with Gasteiger partial charge in [-0.1, -0.05) is 42.1 Å². The van der Waals surface area contributed by atoms with Gasteiger partial charge in [0.15, 0.2) is 0 Å². The average molecular weight is 415 g/mol. The number of carbonyl (C=O) groups is 2. The van der Waals surface area contributed by atoms with E-state index in [4.69, 9.17) is 0 Å². The van der Waals surface area contributed by atoms with Crippen molar-refractivity contribution in [3.63, 3.8) is 0 Å². The van der Waals surface area contributed by atoms with Gasteiger partial charge in [0.2, 0.25) is 5.91 Å². The summed E-state index contributed by atoms with van der Waals surface area (Å²) < 4.78 is 0. The number of nitrogens with one attached hydrogen (secondary N) is 2. The Morgan fingerprint density at radius 3 is 2.54 bits per heavy atom. The number of thioether (sulfide) groups is 1. The number of thiophene rings is 1. The zero-order chi connectivity index (χ0) is 20.3. The van der Waals surface area contributed by atoms with Crippen LogP contribution in [0.3, 0.4) is 0 Å². The highest BCUT2D eigenvalue weighted by atomic mass is 32.2. The van der Waals surface area contributed by atoms with Gasteiger partial charge in [-0.3, -0.25) is 10.1 Å². The predicted molar refractivity (Wildman–Crippen MR) is 115 cm³/mol. The fraction of sp³-hybridized carbons (Fsp3) is 0.300. The first-order chi connectivity index (χ1) is 13.2. The second kappa shape index (κ2) is 8.28. The van der Waals surface area contributed by atoms with Crippen LogP contribution in [0.2, 0.25) is 0 Å². The van der Waals surface area contributed by atoms with Crippen molar-refractivity contribution in [2.75, 3.05) is 5.75 Å². The molecular weight excluding hydrogens is 392 g/mol. The quantitative estimate of drug-likeness (QED) is 0.489. The van der Waals surface area contributed by atoms with Crippen molar-refractivity contribution < 1.29 is 9.59 Å². The molecule has 2 aromatic heterocycles. The Balaban J connectivity index is 1.75. The molecule has 0 aliphatic rings. The van der Waals surface area contributed by atoms with Crippen molar-refractivity contribution in [2.24, 2.45) is 0 Å². The summed E-state index contributed by atoms with van der Waals surface area (Å²) in [4.78, 5) is 35.0. The summed E-state index contributed by atoms with van der Waals surface area (Å²) in [6.07, 6.45) is 0. The molecule has 3 amide bonds. The van der Waals surface area contributed by atoms with Gasteiger partial charge in [-0.2, -0.15) is 0 Å². The van der Waals surface area contributed by atoms with E-state index < -0.39 is 11.6 Å². The van der Waals surface area contributed by atoms with Crippen LogP contribution in [-0.4, -0.2) is 33.2 Å². The van der Waals surface area contributed by atoms with Gasteiger partial charge in [0, 0.05) is 15.8 Å². The fourth-order valence-electron chi connectivity index (χ4n) is 2.52. The third-order valence-electron chi connectivity index (χ3n) is 3.61. The van der Waals surface area contributed by atoms with E-state index in [0.29, 0.717) is 5.82 Å². The molecule has 3 rings (SSSR count). The van der Waals surface area contributed by atoms with Gasteiger partial charge in [-0.25, -0.2) is 14.8 Å². The molecule has 0 spiro atoms. The van der Waals surface area contributed by atoms with E-state index in [1.54, 1.807) is 11.3 Å². The molecule has 8 heteroatoms. The van der Waals surface area contributed by atoms with Gasteiger partial charge < -0.3 is 5.32 Å². The highest BCUT2D eigenvalue weighted by Crippen LogP contribution is 2.36. The summed E-state index contributed by atoms with van der Waals surface area (Å²) in [5.41, 5.74) is 0.716. The molecule has 0 bridgehead atoms. The molecule has 0 aliphatic carbocycles. The maximum absolute atomic E-state index is 12.1. The summed E-state index contributed by atoms with van der Waals surface area (Å²) >= 11 is 2.91.